The second kappa shape index (κ2) is 9.36. The molecule has 0 heterocycles. The molecule has 28 heavy (non-hydrogen) atoms. The van der Waals surface area contributed by atoms with Crippen molar-refractivity contribution in [1.82, 2.24) is 5.32 Å². The number of benzene rings is 2. The largest absolute Gasteiger partial charge is 0.496 e. The van der Waals surface area contributed by atoms with Crippen LogP contribution in [-0.2, 0) is 14.6 Å². The first-order valence-corrected chi connectivity index (χ1v) is 10.7. The van der Waals surface area contributed by atoms with Gasteiger partial charge in [0.2, 0.25) is 5.91 Å². The molecular formula is C20H24N2O5S. The number of methoxy groups -OCH3 is 1. The predicted molar refractivity (Wildman–Crippen MR) is 108 cm³/mol. The van der Waals surface area contributed by atoms with Gasteiger partial charge < -0.3 is 15.4 Å². The number of para-hydroxylation sites is 1. The van der Waals surface area contributed by atoms with Gasteiger partial charge in [-0.1, -0.05) is 24.3 Å². The third kappa shape index (κ3) is 6.38. The van der Waals surface area contributed by atoms with Crippen molar-refractivity contribution in [2.45, 2.75) is 19.4 Å². The van der Waals surface area contributed by atoms with E-state index in [-0.39, 0.29) is 17.7 Å². The highest BCUT2D eigenvalue weighted by Crippen LogP contribution is 2.18. The average molecular weight is 404 g/mol. The van der Waals surface area contributed by atoms with Gasteiger partial charge in [0.15, 0.2) is 0 Å². The quantitative estimate of drug-likeness (QED) is 0.702. The Morgan fingerprint density at radius 2 is 1.82 bits per heavy atom. The number of nitrogens with one attached hydrogen (secondary N) is 2. The first-order valence-electron chi connectivity index (χ1n) is 8.69. The summed E-state index contributed by atoms with van der Waals surface area (Å²) in [5.74, 6) is -0.876. The van der Waals surface area contributed by atoms with Gasteiger partial charge in [-0.3, -0.25) is 9.59 Å². The summed E-state index contributed by atoms with van der Waals surface area (Å²) in [7, 11) is -1.86. The number of aryl methyl sites for hydroxylation is 1. The van der Waals surface area contributed by atoms with E-state index in [4.69, 9.17) is 4.74 Å². The molecule has 2 aromatic carbocycles. The number of amides is 2. The summed E-state index contributed by atoms with van der Waals surface area (Å²) in [4.78, 5) is 25.4. The van der Waals surface area contributed by atoms with E-state index < -0.39 is 27.7 Å². The van der Waals surface area contributed by atoms with Gasteiger partial charge in [0.05, 0.1) is 18.4 Å². The lowest BCUT2D eigenvalue weighted by Gasteiger charge is -2.19. The molecule has 0 unspecified atom stereocenters. The molecule has 0 fully saturated rings. The highest BCUT2D eigenvalue weighted by atomic mass is 32.2. The van der Waals surface area contributed by atoms with Crippen molar-refractivity contribution in [2.75, 3.05) is 24.4 Å². The SMILES string of the molecule is COc1ccccc1C(=O)N[C@@H](CCS(C)(=O)=O)C(=O)Nc1cccc(C)c1. The summed E-state index contributed by atoms with van der Waals surface area (Å²) in [5.41, 5.74) is 1.79. The number of hydrogen-bond acceptors (Lipinski definition) is 5. The molecule has 1 atom stereocenters. The molecule has 8 heteroatoms. The molecule has 2 rings (SSSR count). The number of ether oxygens (including phenoxy) is 1. The molecule has 0 aromatic heterocycles. The second-order valence-corrected chi connectivity index (χ2v) is 8.76. The highest BCUT2D eigenvalue weighted by molar-refractivity contribution is 7.90. The Morgan fingerprint density at radius 3 is 2.46 bits per heavy atom. The fraction of sp³-hybridized carbons (Fsp3) is 0.300. The van der Waals surface area contributed by atoms with Gasteiger partial charge in [-0.25, -0.2) is 8.42 Å². The van der Waals surface area contributed by atoms with Crippen molar-refractivity contribution >= 4 is 27.3 Å². The zero-order chi connectivity index (χ0) is 20.7. The maximum Gasteiger partial charge on any atom is 0.255 e. The van der Waals surface area contributed by atoms with Crippen molar-refractivity contribution in [2.24, 2.45) is 0 Å². The van der Waals surface area contributed by atoms with Crippen molar-refractivity contribution in [3.05, 3.63) is 59.7 Å². The number of sulfone groups is 1. The Bertz CT molecular complexity index is 957. The molecule has 7 nitrogen and oxygen atoms in total. The summed E-state index contributed by atoms with van der Waals surface area (Å²) in [6.45, 7) is 1.89. The Balaban J connectivity index is 2.20. The number of rotatable bonds is 8. The monoisotopic (exact) mass is 404 g/mol. The molecule has 2 aromatic rings. The minimum atomic E-state index is -3.30. The van der Waals surface area contributed by atoms with Gasteiger partial charge in [0.25, 0.3) is 5.91 Å². The molecule has 0 radical (unpaired) electrons. The van der Waals surface area contributed by atoms with Crippen molar-refractivity contribution in [3.63, 3.8) is 0 Å². The van der Waals surface area contributed by atoms with Gasteiger partial charge in [-0.15, -0.1) is 0 Å². The third-order valence-corrected chi connectivity index (χ3v) is 5.01. The minimum absolute atomic E-state index is 0.0443. The van der Waals surface area contributed by atoms with Gasteiger partial charge in [0.1, 0.15) is 21.6 Å². The van der Waals surface area contributed by atoms with E-state index in [1.807, 2.05) is 13.0 Å². The summed E-state index contributed by atoms with van der Waals surface area (Å²) < 4.78 is 28.3. The number of carbonyl (C=O) groups excluding carboxylic acids is 2. The second-order valence-electron chi connectivity index (χ2n) is 6.50. The molecule has 2 N–H and O–H groups in total. The third-order valence-electron chi connectivity index (χ3n) is 4.04. The average Bonchev–Trinajstić information content (AvgIpc) is 2.64. The Kier molecular flexibility index (Phi) is 7.17. The number of carbonyl (C=O) groups is 2. The Labute approximate surface area is 165 Å². The van der Waals surface area contributed by atoms with Crippen molar-refractivity contribution < 1.29 is 22.7 Å². The van der Waals surface area contributed by atoms with Crippen LogP contribution in [0, 0.1) is 6.92 Å². The summed E-state index contributed by atoms with van der Waals surface area (Å²) in [5, 5.41) is 5.34. The van der Waals surface area contributed by atoms with Crippen LogP contribution in [0.5, 0.6) is 5.75 Å². The van der Waals surface area contributed by atoms with Crippen LogP contribution < -0.4 is 15.4 Å². The van der Waals surface area contributed by atoms with Crippen LogP contribution in [0.15, 0.2) is 48.5 Å². The van der Waals surface area contributed by atoms with Crippen molar-refractivity contribution in [3.8, 4) is 5.75 Å². The summed E-state index contributed by atoms with van der Waals surface area (Å²) >= 11 is 0. The van der Waals surface area contributed by atoms with Crippen LogP contribution in [0.4, 0.5) is 5.69 Å². The van der Waals surface area contributed by atoms with Gasteiger partial charge in [-0.05, 0) is 43.2 Å². The van der Waals surface area contributed by atoms with E-state index in [0.717, 1.165) is 11.8 Å². The van der Waals surface area contributed by atoms with Crippen LogP contribution in [0.2, 0.25) is 0 Å². The normalized spacial score (nSPS) is 12.1. The lowest BCUT2D eigenvalue weighted by atomic mass is 10.1. The zero-order valence-electron chi connectivity index (χ0n) is 16.1. The maximum atomic E-state index is 12.7. The van der Waals surface area contributed by atoms with Crippen molar-refractivity contribution in [1.29, 1.82) is 0 Å². The smallest absolute Gasteiger partial charge is 0.255 e. The number of anilines is 1. The zero-order valence-corrected chi connectivity index (χ0v) is 16.9. The maximum absolute atomic E-state index is 12.7. The predicted octanol–water partition coefficient (Wildman–Crippen LogP) is 2.18. The molecule has 0 bridgehead atoms. The summed E-state index contributed by atoms with van der Waals surface area (Å²) in [6, 6.07) is 12.8. The molecule has 150 valence electrons. The van der Waals surface area contributed by atoms with Crippen LogP contribution in [0.3, 0.4) is 0 Å². The molecule has 0 saturated carbocycles. The van der Waals surface area contributed by atoms with Crippen LogP contribution >= 0.6 is 0 Å². The first-order chi connectivity index (χ1) is 13.2. The Hall–Kier alpha value is -2.87. The Morgan fingerprint density at radius 1 is 1.11 bits per heavy atom. The summed E-state index contributed by atoms with van der Waals surface area (Å²) in [6.07, 6.45) is 1.04. The molecular weight excluding hydrogens is 380 g/mol. The molecule has 0 aliphatic rings. The standard InChI is InChI=1S/C20H24N2O5S/c1-14-7-6-8-15(13-14)21-20(24)17(11-12-28(3,25)26)22-19(23)16-9-4-5-10-18(16)27-2/h4-10,13,17H,11-12H2,1-3H3,(H,21,24)(H,22,23)/t17-/m0/s1. The first kappa shape index (κ1) is 21.4. The topological polar surface area (TPSA) is 102 Å². The van der Waals surface area contributed by atoms with E-state index in [1.165, 1.54) is 7.11 Å². The molecule has 0 aliphatic carbocycles. The molecule has 0 saturated heterocycles. The van der Waals surface area contributed by atoms with Crippen LogP contribution in [0.1, 0.15) is 22.3 Å². The molecule has 2 amide bonds. The lowest BCUT2D eigenvalue weighted by Crippen LogP contribution is -2.44. The van der Waals surface area contributed by atoms with Crippen LogP contribution in [-0.4, -0.2) is 45.4 Å². The fourth-order valence-electron chi connectivity index (χ4n) is 2.62. The van der Waals surface area contributed by atoms with E-state index >= 15 is 0 Å². The van der Waals surface area contributed by atoms with Gasteiger partial charge in [0, 0.05) is 11.9 Å². The minimum Gasteiger partial charge on any atom is -0.496 e. The molecule has 0 spiro atoms. The van der Waals surface area contributed by atoms with E-state index in [2.05, 4.69) is 10.6 Å². The van der Waals surface area contributed by atoms with Gasteiger partial charge >= 0.3 is 0 Å². The van der Waals surface area contributed by atoms with E-state index in [9.17, 15) is 18.0 Å². The van der Waals surface area contributed by atoms with E-state index in [1.54, 1.807) is 42.5 Å². The van der Waals surface area contributed by atoms with E-state index in [0.29, 0.717) is 11.4 Å². The number of hydrogen-bond donors (Lipinski definition) is 2. The highest BCUT2D eigenvalue weighted by Gasteiger charge is 2.24. The van der Waals surface area contributed by atoms with Crippen LogP contribution in [0.25, 0.3) is 0 Å². The molecule has 0 aliphatic heterocycles. The fourth-order valence-corrected chi connectivity index (χ4v) is 3.29. The lowest BCUT2D eigenvalue weighted by molar-refractivity contribution is -0.118. The van der Waals surface area contributed by atoms with Gasteiger partial charge in [-0.2, -0.15) is 0 Å².